The first kappa shape index (κ1) is 17.3. The van der Waals surface area contributed by atoms with Crippen LogP contribution in [0.3, 0.4) is 0 Å². The SMILES string of the molecule is CCCSP(=O)(OCC)Oc1cccc2c1C(=O)c1ccccc1-2. The van der Waals surface area contributed by atoms with Crippen LogP contribution in [0.15, 0.2) is 42.5 Å². The number of carbonyl (C=O) groups excluding carboxylic acids is 1. The molecule has 0 saturated heterocycles. The number of benzene rings is 2. The first-order chi connectivity index (χ1) is 11.6. The summed E-state index contributed by atoms with van der Waals surface area (Å²) in [5.41, 5.74) is 2.82. The van der Waals surface area contributed by atoms with Gasteiger partial charge in [-0.2, -0.15) is 0 Å². The van der Waals surface area contributed by atoms with Crippen molar-refractivity contribution in [1.29, 1.82) is 0 Å². The molecule has 2 aromatic rings. The van der Waals surface area contributed by atoms with Gasteiger partial charge in [0.15, 0.2) is 5.78 Å². The molecule has 0 bridgehead atoms. The standard InChI is InChI=1S/C18H19O4PS/c1-3-12-24-23(20,21-4-2)22-16-11-7-10-14-13-8-5-6-9-15(13)18(19)17(14)16/h5-11H,3-4,12H2,1-2H3. The first-order valence-electron chi connectivity index (χ1n) is 7.95. The van der Waals surface area contributed by atoms with Crippen molar-refractivity contribution in [2.45, 2.75) is 20.3 Å². The van der Waals surface area contributed by atoms with E-state index in [0.717, 1.165) is 17.5 Å². The van der Waals surface area contributed by atoms with Gasteiger partial charge < -0.3 is 4.52 Å². The van der Waals surface area contributed by atoms with Gasteiger partial charge in [0.25, 0.3) is 0 Å². The van der Waals surface area contributed by atoms with Crippen LogP contribution in [0.5, 0.6) is 5.75 Å². The minimum absolute atomic E-state index is 0.0975. The van der Waals surface area contributed by atoms with Gasteiger partial charge in [-0.3, -0.25) is 9.32 Å². The molecule has 1 atom stereocenters. The van der Waals surface area contributed by atoms with Gasteiger partial charge in [-0.1, -0.05) is 43.3 Å². The van der Waals surface area contributed by atoms with Gasteiger partial charge >= 0.3 is 6.80 Å². The average molecular weight is 362 g/mol. The van der Waals surface area contributed by atoms with Gasteiger partial charge in [-0.15, -0.1) is 0 Å². The lowest BCUT2D eigenvalue weighted by molar-refractivity contribution is 0.104. The van der Waals surface area contributed by atoms with Crippen molar-refractivity contribution in [1.82, 2.24) is 0 Å². The maximum Gasteiger partial charge on any atom is 0.440 e. The average Bonchev–Trinajstić information content (AvgIpc) is 2.88. The third-order valence-electron chi connectivity index (χ3n) is 3.67. The monoisotopic (exact) mass is 362 g/mol. The molecule has 0 aromatic heterocycles. The molecular weight excluding hydrogens is 343 g/mol. The van der Waals surface area contributed by atoms with Crippen LogP contribution < -0.4 is 4.52 Å². The van der Waals surface area contributed by atoms with E-state index in [1.807, 2.05) is 37.3 Å². The summed E-state index contributed by atoms with van der Waals surface area (Å²) in [4.78, 5) is 12.7. The van der Waals surface area contributed by atoms with Crippen molar-refractivity contribution < 1.29 is 18.4 Å². The highest BCUT2D eigenvalue weighted by molar-refractivity contribution is 8.55. The molecule has 4 nitrogen and oxygen atoms in total. The largest absolute Gasteiger partial charge is 0.440 e. The quantitative estimate of drug-likeness (QED) is 0.515. The highest BCUT2D eigenvalue weighted by Gasteiger charge is 2.33. The second-order valence-electron chi connectivity index (χ2n) is 5.34. The minimum atomic E-state index is -3.35. The van der Waals surface area contributed by atoms with Crippen LogP contribution in [0, 0.1) is 0 Å². The lowest BCUT2D eigenvalue weighted by atomic mass is 10.1. The number of rotatable bonds is 7. The molecule has 1 unspecified atom stereocenters. The molecule has 1 aliphatic carbocycles. The molecule has 24 heavy (non-hydrogen) atoms. The second kappa shape index (κ2) is 7.14. The van der Waals surface area contributed by atoms with Crippen LogP contribution in [0.4, 0.5) is 0 Å². The summed E-state index contributed by atoms with van der Waals surface area (Å²) in [5.74, 6) is 0.898. The third-order valence-corrected chi connectivity index (χ3v) is 7.60. The fourth-order valence-electron chi connectivity index (χ4n) is 2.69. The summed E-state index contributed by atoms with van der Waals surface area (Å²) in [5, 5.41) is 0. The van der Waals surface area contributed by atoms with Crippen molar-refractivity contribution in [3.63, 3.8) is 0 Å². The van der Waals surface area contributed by atoms with E-state index in [1.165, 1.54) is 11.4 Å². The normalized spacial score (nSPS) is 14.8. The van der Waals surface area contributed by atoms with E-state index in [-0.39, 0.29) is 12.4 Å². The lowest BCUT2D eigenvalue weighted by Crippen LogP contribution is -2.02. The molecule has 0 fully saturated rings. The Kier molecular flexibility index (Phi) is 5.14. The van der Waals surface area contributed by atoms with Crippen LogP contribution in [-0.2, 0) is 9.09 Å². The summed E-state index contributed by atoms with van der Waals surface area (Å²) >= 11 is 1.17. The Bertz CT molecular complexity index is 818. The molecule has 0 aliphatic heterocycles. The van der Waals surface area contributed by atoms with Crippen LogP contribution in [0.1, 0.15) is 36.2 Å². The zero-order valence-electron chi connectivity index (χ0n) is 13.7. The van der Waals surface area contributed by atoms with E-state index >= 15 is 0 Å². The summed E-state index contributed by atoms with van der Waals surface area (Å²) in [7, 11) is 0. The molecule has 0 radical (unpaired) electrons. The van der Waals surface area contributed by atoms with Crippen LogP contribution in [-0.4, -0.2) is 18.1 Å². The highest BCUT2D eigenvalue weighted by atomic mass is 32.7. The summed E-state index contributed by atoms with van der Waals surface area (Å²) < 4.78 is 24.1. The fraction of sp³-hybridized carbons (Fsp3) is 0.278. The lowest BCUT2D eigenvalue weighted by Gasteiger charge is -2.19. The van der Waals surface area contributed by atoms with Crippen LogP contribution >= 0.6 is 18.2 Å². The van der Waals surface area contributed by atoms with Crippen molar-refractivity contribution in [2.24, 2.45) is 0 Å². The number of hydrogen-bond acceptors (Lipinski definition) is 5. The minimum Gasteiger partial charge on any atom is -0.416 e. The zero-order valence-corrected chi connectivity index (χ0v) is 15.4. The van der Waals surface area contributed by atoms with Gasteiger partial charge in [0, 0.05) is 11.3 Å². The predicted octanol–water partition coefficient (Wildman–Crippen LogP) is 5.56. The van der Waals surface area contributed by atoms with Gasteiger partial charge in [0.1, 0.15) is 5.75 Å². The zero-order chi connectivity index (χ0) is 17.2. The summed E-state index contributed by atoms with van der Waals surface area (Å²) in [6, 6.07) is 12.8. The molecule has 6 heteroatoms. The van der Waals surface area contributed by atoms with Gasteiger partial charge in [0.05, 0.1) is 12.2 Å². The fourth-order valence-corrected chi connectivity index (χ4v) is 6.14. The maximum atomic E-state index is 12.9. The number of hydrogen-bond donors (Lipinski definition) is 0. The molecule has 0 N–H and O–H groups in total. The Balaban J connectivity index is 2.00. The maximum absolute atomic E-state index is 12.9. The van der Waals surface area contributed by atoms with E-state index in [0.29, 0.717) is 22.6 Å². The van der Waals surface area contributed by atoms with Crippen molar-refractivity contribution in [2.75, 3.05) is 12.4 Å². The first-order valence-corrected chi connectivity index (χ1v) is 11.1. The van der Waals surface area contributed by atoms with E-state index in [2.05, 4.69) is 0 Å². The van der Waals surface area contributed by atoms with E-state index in [9.17, 15) is 9.36 Å². The molecule has 2 aromatic carbocycles. The Morgan fingerprint density at radius 1 is 1.00 bits per heavy atom. The van der Waals surface area contributed by atoms with Crippen molar-refractivity contribution in [3.05, 3.63) is 53.6 Å². The van der Waals surface area contributed by atoms with Crippen LogP contribution in [0.2, 0.25) is 0 Å². The molecule has 126 valence electrons. The summed E-state index contributed by atoms with van der Waals surface area (Å²) in [6.45, 7) is 0.722. The molecule has 3 rings (SSSR count). The number of fused-ring (bicyclic) bond motifs is 3. The Morgan fingerprint density at radius 3 is 2.42 bits per heavy atom. The molecule has 0 saturated carbocycles. The Hall–Kier alpha value is -1.55. The molecule has 1 aliphatic rings. The Labute approximate surface area is 145 Å². The number of ketones is 1. The van der Waals surface area contributed by atoms with Gasteiger partial charge in [-0.25, -0.2) is 4.57 Å². The van der Waals surface area contributed by atoms with Gasteiger partial charge in [-0.05, 0) is 41.9 Å². The van der Waals surface area contributed by atoms with E-state index in [4.69, 9.17) is 9.05 Å². The second-order valence-corrected chi connectivity index (χ2v) is 9.46. The molecule has 0 spiro atoms. The van der Waals surface area contributed by atoms with Crippen molar-refractivity contribution in [3.8, 4) is 16.9 Å². The predicted molar refractivity (Wildman–Crippen MR) is 97.9 cm³/mol. The topological polar surface area (TPSA) is 52.6 Å². The number of carbonyl (C=O) groups is 1. The van der Waals surface area contributed by atoms with E-state index < -0.39 is 6.80 Å². The van der Waals surface area contributed by atoms with Crippen LogP contribution in [0.25, 0.3) is 11.1 Å². The molecule has 0 heterocycles. The molecular formula is C18H19O4PS. The van der Waals surface area contributed by atoms with Crippen molar-refractivity contribution >= 4 is 24.0 Å². The summed E-state index contributed by atoms with van der Waals surface area (Å²) in [6.07, 6.45) is 0.863. The smallest absolute Gasteiger partial charge is 0.416 e. The molecule has 0 amide bonds. The third kappa shape index (κ3) is 3.16. The van der Waals surface area contributed by atoms with E-state index in [1.54, 1.807) is 19.1 Å². The van der Waals surface area contributed by atoms with Gasteiger partial charge in [0.2, 0.25) is 0 Å². The highest BCUT2D eigenvalue weighted by Crippen LogP contribution is 2.61. The Morgan fingerprint density at radius 2 is 1.71 bits per heavy atom.